The third kappa shape index (κ3) is 2.53. The second-order valence-corrected chi connectivity index (χ2v) is 8.72. The molecule has 0 aromatic heterocycles. The SMILES string of the molecule is CO[C@H]1Cc2ccc3ccccc3c2C1=C1c2ccccc2Sc2ccccc21. The fourth-order valence-corrected chi connectivity index (χ4v) is 5.92. The van der Waals surface area contributed by atoms with E-state index in [1.165, 1.54) is 54.0 Å². The summed E-state index contributed by atoms with van der Waals surface area (Å²) in [6, 6.07) is 30.8. The van der Waals surface area contributed by atoms with Gasteiger partial charge in [-0.2, -0.15) is 0 Å². The standard InChI is InChI=1S/C27H20OS/c1-28-22-16-18-15-14-17-8-2-3-9-19(17)25(18)27(22)26-20-10-4-6-12-23(20)29-24-13-7-5-11-21(24)26/h2-15,22H,16H2,1H3/t22-/m0/s1. The lowest BCUT2D eigenvalue weighted by Crippen LogP contribution is -2.12. The van der Waals surface area contributed by atoms with Gasteiger partial charge in [0.1, 0.15) is 0 Å². The summed E-state index contributed by atoms with van der Waals surface area (Å²) in [5.74, 6) is 0. The van der Waals surface area contributed by atoms with Gasteiger partial charge in [0.05, 0.1) is 6.10 Å². The van der Waals surface area contributed by atoms with Crippen LogP contribution in [-0.4, -0.2) is 13.2 Å². The quantitative estimate of drug-likeness (QED) is 0.309. The van der Waals surface area contributed by atoms with Gasteiger partial charge in [-0.15, -0.1) is 0 Å². The molecule has 0 spiro atoms. The highest BCUT2D eigenvalue weighted by molar-refractivity contribution is 7.99. The molecule has 0 saturated heterocycles. The molecule has 1 aliphatic heterocycles. The maximum Gasteiger partial charge on any atom is 0.0873 e. The summed E-state index contributed by atoms with van der Waals surface area (Å²) in [5, 5.41) is 2.60. The molecule has 2 heteroatoms. The van der Waals surface area contributed by atoms with Crippen molar-refractivity contribution in [3.63, 3.8) is 0 Å². The Hall–Kier alpha value is -2.81. The van der Waals surface area contributed by atoms with Gasteiger partial charge in [0, 0.05) is 23.3 Å². The number of rotatable bonds is 1. The van der Waals surface area contributed by atoms with Crippen LogP contribution in [0.25, 0.3) is 21.9 Å². The van der Waals surface area contributed by atoms with E-state index in [9.17, 15) is 0 Å². The van der Waals surface area contributed by atoms with Gasteiger partial charge in [0.25, 0.3) is 0 Å². The molecule has 0 radical (unpaired) electrons. The van der Waals surface area contributed by atoms with Gasteiger partial charge in [0.2, 0.25) is 0 Å². The number of benzene rings is 4. The smallest absolute Gasteiger partial charge is 0.0873 e. The van der Waals surface area contributed by atoms with Crippen molar-refractivity contribution in [2.45, 2.75) is 22.3 Å². The van der Waals surface area contributed by atoms with E-state index in [-0.39, 0.29) is 6.10 Å². The second-order valence-electron chi connectivity index (χ2n) is 7.63. The van der Waals surface area contributed by atoms with Gasteiger partial charge >= 0.3 is 0 Å². The lowest BCUT2D eigenvalue weighted by Gasteiger charge is -2.26. The second kappa shape index (κ2) is 6.62. The summed E-state index contributed by atoms with van der Waals surface area (Å²) >= 11 is 1.86. The number of methoxy groups -OCH3 is 1. The molecule has 2 aliphatic rings. The molecule has 6 rings (SSSR count). The average molecular weight is 393 g/mol. The minimum absolute atomic E-state index is 0.0648. The maximum absolute atomic E-state index is 6.07. The van der Waals surface area contributed by atoms with Gasteiger partial charge in [-0.05, 0) is 56.3 Å². The highest BCUT2D eigenvalue weighted by Gasteiger charge is 2.34. The Labute approximate surface area is 175 Å². The van der Waals surface area contributed by atoms with Crippen LogP contribution >= 0.6 is 11.8 Å². The van der Waals surface area contributed by atoms with E-state index >= 15 is 0 Å². The molecule has 0 bridgehead atoms. The molecule has 1 atom stereocenters. The minimum Gasteiger partial charge on any atom is -0.376 e. The minimum atomic E-state index is 0.0648. The zero-order chi connectivity index (χ0) is 19.4. The molecular formula is C27H20OS. The van der Waals surface area contributed by atoms with E-state index < -0.39 is 0 Å². The predicted octanol–water partition coefficient (Wildman–Crippen LogP) is 6.83. The molecule has 0 N–H and O–H groups in total. The first-order chi connectivity index (χ1) is 14.3. The summed E-state index contributed by atoms with van der Waals surface area (Å²) in [6.45, 7) is 0. The lowest BCUT2D eigenvalue weighted by atomic mass is 9.87. The van der Waals surface area contributed by atoms with Crippen LogP contribution in [0.5, 0.6) is 0 Å². The third-order valence-corrected chi connectivity index (χ3v) is 7.25. The van der Waals surface area contributed by atoms with Crippen LogP contribution in [0.1, 0.15) is 22.3 Å². The van der Waals surface area contributed by atoms with Crippen molar-refractivity contribution in [1.82, 2.24) is 0 Å². The van der Waals surface area contributed by atoms with Gasteiger partial charge in [-0.1, -0.05) is 84.6 Å². The summed E-state index contributed by atoms with van der Waals surface area (Å²) < 4.78 is 6.07. The zero-order valence-corrected chi connectivity index (χ0v) is 17.0. The highest BCUT2D eigenvalue weighted by atomic mass is 32.2. The number of hydrogen-bond donors (Lipinski definition) is 0. The Morgan fingerprint density at radius 3 is 2.14 bits per heavy atom. The van der Waals surface area contributed by atoms with E-state index in [4.69, 9.17) is 4.74 Å². The summed E-state index contributed by atoms with van der Waals surface area (Å²) in [5.41, 5.74) is 8.03. The molecule has 1 heterocycles. The average Bonchev–Trinajstić information content (AvgIpc) is 3.16. The summed E-state index contributed by atoms with van der Waals surface area (Å²) in [6.07, 6.45) is 0.988. The maximum atomic E-state index is 6.07. The largest absolute Gasteiger partial charge is 0.376 e. The Balaban J connectivity index is 1.77. The van der Waals surface area contributed by atoms with Crippen LogP contribution in [-0.2, 0) is 11.2 Å². The van der Waals surface area contributed by atoms with Crippen LogP contribution in [0, 0.1) is 0 Å². The van der Waals surface area contributed by atoms with Crippen molar-refractivity contribution < 1.29 is 4.74 Å². The molecule has 0 fully saturated rings. The topological polar surface area (TPSA) is 9.23 Å². The number of ether oxygens (including phenoxy) is 1. The van der Waals surface area contributed by atoms with E-state index in [0.717, 1.165) is 6.42 Å². The van der Waals surface area contributed by atoms with Gasteiger partial charge in [0.15, 0.2) is 0 Å². The summed E-state index contributed by atoms with van der Waals surface area (Å²) in [7, 11) is 1.84. The summed E-state index contributed by atoms with van der Waals surface area (Å²) in [4.78, 5) is 2.63. The highest BCUT2D eigenvalue weighted by Crippen LogP contribution is 2.51. The Bertz CT molecular complexity index is 1250. The predicted molar refractivity (Wildman–Crippen MR) is 121 cm³/mol. The number of fused-ring (bicyclic) bond motifs is 5. The Kier molecular flexibility index (Phi) is 3.90. The molecule has 140 valence electrons. The first kappa shape index (κ1) is 17.1. The molecule has 1 aliphatic carbocycles. The van der Waals surface area contributed by atoms with Crippen LogP contribution in [0.4, 0.5) is 0 Å². The molecule has 0 saturated carbocycles. The van der Waals surface area contributed by atoms with Crippen molar-refractivity contribution in [2.24, 2.45) is 0 Å². The van der Waals surface area contributed by atoms with Crippen LogP contribution < -0.4 is 0 Å². The first-order valence-corrected chi connectivity index (χ1v) is 10.8. The Morgan fingerprint density at radius 2 is 1.41 bits per heavy atom. The molecule has 0 amide bonds. The van der Waals surface area contributed by atoms with Crippen molar-refractivity contribution in [3.8, 4) is 0 Å². The zero-order valence-electron chi connectivity index (χ0n) is 16.2. The molecule has 0 unspecified atom stereocenters. The molecule has 4 aromatic carbocycles. The number of hydrogen-bond acceptors (Lipinski definition) is 2. The normalized spacial score (nSPS) is 17.2. The fraction of sp³-hybridized carbons (Fsp3) is 0.111. The van der Waals surface area contributed by atoms with Crippen LogP contribution in [0.3, 0.4) is 0 Å². The van der Waals surface area contributed by atoms with Crippen LogP contribution in [0.2, 0.25) is 0 Å². The van der Waals surface area contributed by atoms with Gasteiger partial charge < -0.3 is 4.74 Å². The van der Waals surface area contributed by atoms with E-state index in [2.05, 4.69) is 84.9 Å². The van der Waals surface area contributed by atoms with E-state index in [1.54, 1.807) is 0 Å². The van der Waals surface area contributed by atoms with E-state index in [1.807, 2.05) is 18.9 Å². The lowest BCUT2D eigenvalue weighted by molar-refractivity contribution is 0.154. The van der Waals surface area contributed by atoms with E-state index in [0.29, 0.717) is 0 Å². The van der Waals surface area contributed by atoms with Crippen molar-refractivity contribution in [1.29, 1.82) is 0 Å². The van der Waals surface area contributed by atoms with Gasteiger partial charge in [-0.25, -0.2) is 0 Å². The van der Waals surface area contributed by atoms with Crippen molar-refractivity contribution in [2.75, 3.05) is 7.11 Å². The van der Waals surface area contributed by atoms with Gasteiger partial charge in [-0.3, -0.25) is 0 Å². The van der Waals surface area contributed by atoms with Crippen molar-refractivity contribution >= 4 is 33.7 Å². The third-order valence-electron chi connectivity index (χ3n) is 6.10. The first-order valence-electron chi connectivity index (χ1n) is 10.00. The Morgan fingerprint density at radius 1 is 0.759 bits per heavy atom. The molecule has 1 nitrogen and oxygen atoms in total. The fourth-order valence-electron chi connectivity index (χ4n) is 4.83. The van der Waals surface area contributed by atoms with Crippen molar-refractivity contribution in [3.05, 3.63) is 107 Å². The molecule has 4 aromatic rings. The molecular weight excluding hydrogens is 372 g/mol. The molecule has 29 heavy (non-hydrogen) atoms. The van der Waals surface area contributed by atoms with Crippen LogP contribution in [0.15, 0.2) is 94.7 Å². The monoisotopic (exact) mass is 392 g/mol.